The molecule has 0 N–H and O–H groups in total. The first-order chi connectivity index (χ1) is 11.5. The predicted octanol–water partition coefficient (Wildman–Crippen LogP) is 2.96. The Kier molecular flexibility index (Phi) is 5.10. The molecule has 24 heavy (non-hydrogen) atoms. The molecule has 8 heteroatoms. The van der Waals surface area contributed by atoms with Gasteiger partial charge in [0.05, 0.1) is 19.1 Å². The van der Waals surface area contributed by atoms with Gasteiger partial charge in [0.1, 0.15) is 16.9 Å². The van der Waals surface area contributed by atoms with Crippen LogP contribution in [-0.4, -0.2) is 31.1 Å². The van der Waals surface area contributed by atoms with Gasteiger partial charge in [-0.3, -0.25) is 10.1 Å². The Labute approximate surface area is 136 Å². The maximum atomic E-state index is 11.9. The third-order valence-corrected chi connectivity index (χ3v) is 3.10. The van der Waals surface area contributed by atoms with Crippen molar-refractivity contribution in [2.45, 2.75) is 0 Å². The second kappa shape index (κ2) is 7.23. The lowest BCUT2D eigenvalue weighted by atomic mass is 10.1. The highest BCUT2D eigenvalue weighted by Crippen LogP contribution is 2.36. The zero-order chi connectivity index (χ0) is 17.7. The molecule has 0 aliphatic carbocycles. The molecule has 0 atom stereocenters. The van der Waals surface area contributed by atoms with E-state index in [0.717, 1.165) is 7.11 Å². The van der Waals surface area contributed by atoms with Crippen LogP contribution < -0.4 is 4.74 Å². The van der Waals surface area contributed by atoms with Crippen LogP contribution in [0.15, 0.2) is 42.5 Å². The van der Waals surface area contributed by atoms with Gasteiger partial charge in [0.2, 0.25) is 5.75 Å². The molecule has 0 saturated carbocycles. The summed E-state index contributed by atoms with van der Waals surface area (Å²) in [6.07, 6.45) is 0. The van der Waals surface area contributed by atoms with Crippen molar-refractivity contribution in [3.63, 3.8) is 0 Å². The Morgan fingerprint density at radius 2 is 1.50 bits per heavy atom. The Balaban J connectivity index is 2.59. The van der Waals surface area contributed by atoms with Crippen molar-refractivity contribution in [2.24, 2.45) is 0 Å². The topological polar surface area (TPSA) is 105 Å². The largest absolute Gasteiger partial charge is 0.465 e. The molecule has 0 aliphatic rings. The number of methoxy groups -OCH3 is 2. The number of rotatable bonds is 5. The van der Waals surface area contributed by atoms with Crippen molar-refractivity contribution in [3.8, 4) is 11.5 Å². The number of hydrogen-bond donors (Lipinski definition) is 0. The highest BCUT2D eigenvalue weighted by Gasteiger charge is 2.26. The highest BCUT2D eigenvalue weighted by atomic mass is 16.6. The normalized spacial score (nSPS) is 9.92. The molecule has 0 bridgehead atoms. The number of carbonyl (C=O) groups excluding carboxylic acids is 2. The summed E-state index contributed by atoms with van der Waals surface area (Å²) in [7, 11) is 2.34. The zero-order valence-corrected chi connectivity index (χ0v) is 12.8. The van der Waals surface area contributed by atoms with Crippen molar-refractivity contribution in [2.75, 3.05) is 14.2 Å². The monoisotopic (exact) mass is 331 g/mol. The van der Waals surface area contributed by atoms with Gasteiger partial charge < -0.3 is 14.2 Å². The van der Waals surface area contributed by atoms with Gasteiger partial charge in [-0.2, -0.15) is 0 Å². The lowest BCUT2D eigenvalue weighted by Crippen LogP contribution is -2.08. The molecular formula is C16H13NO7. The summed E-state index contributed by atoms with van der Waals surface area (Å²) in [6.45, 7) is 0. The lowest BCUT2D eigenvalue weighted by molar-refractivity contribution is -0.385. The van der Waals surface area contributed by atoms with Gasteiger partial charge in [-0.25, -0.2) is 9.59 Å². The summed E-state index contributed by atoms with van der Waals surface area (Å²) in [4.78, 5) is 34.2. The van der Waals surface area contributed by atoms with Crippen LogP contribution in [-0.2, 0) is 9.47 Å². The molecule has 0 radical (unpaired) electrons. The minimum atomic E-state index is -0.802. The van der Waals surface area contributed by atoms with Crippen LogP contribution in [0.2, 0.25) is 0 Å². The van der Waals surface area contributed by atoms with E-state index in [1.165, 1.54) is 37.4 Å². The molecule has 2 rings (SSSR count). The number of carbonyl (C=O) groups is 2. The number of nitro benzene ring substituents is 1. The summed E-state index contributed by atoms with van der Waals surface area (Å²) in [5.41, 5.74) is -0.502. The van der Waals surface area contributed by atoms with Gasteiger partial charge in [-0.15, -0.1) is 0 Å². The molecule has 0 saturated heterocycles. The molecule has 2 aromatic carbocycles. The van der Waals surface area contributed by atoms with Gasteiger partial charge in [0, 0.05) is 6.07 Å². The quantitative estimate of drug-likeness (QED) is 0.471. The molecule has 0 aromatic heterocycles. The van der Waals surface area contributed by atoms with E-state index in [-0.39, 0.29) is 22.6 Å². The fourth-order valence-electron chi connectivity index (χ4n) is 1.99. The van der Waals surface area contributed by atoms with Gasteiger partial charge in [0.15, 0.2) is 0 Å². The second-order valence-corrected chi connectivity index (χ2v) is 4.49. The van der Waals surface area contributed by atoms with Crippen LogP contribution >= 0.6 is 0 Å². The zero-order valence-electron chi connectivity index (χ0n) is 12.8. The van der Waals surface area contributed by atoms with Gasteiger partial charge in [-0.05, 0) is 18.2 Å². The second-order valence-electron chi connectivity index (χ2n) is 4.49. The molecule has 0 aliphatic heterocycles. The standard InChI is InChI=1S/C16H13NO7/c1-22-15(18)10-6-3-4-9-13(10)24-14-11(16(19)23-2)7-5-8-12(14)17(20)21/h3-9H,1-2H3. The average Bonchev–Trinajstić information content (AvgIpc) is 2.60. The Bertz CT molecular complexity index is 801. The van der Waals surface area contributed by atoms with E-state index in [9.17, 15) is 19.7 Å². The summed E-state index contributed by atoms with van der Waals surface area (Å²) < 4.78 is 14.8. The number of para-hydroxylation sites is 2. The Morgan fingerprint density at radius 3 is 2.12 bits per heavy atom. The van der Waals surface area contributed by atoms with E-state index in [1.807, 2.05) is 0 Å². The van der Waals surface area contributed by atoms with Gasteiger partial charge in [0.25, 0.3) is 0 Å². The fourth-order valence-corrected chi connectivity index (χ4v) is 1.99. The molecule has 0 amide bonds. The molecule has 8 nitrogen and oxygen atoms in total. The molecule has 0 unspecified atom stereocenters. The first-order valence-electron chi connectivity index (χ1n) is 6.70. The SMILES string of the molecule is COC(=O)c1ccccc1Oc1c(C(=O)OC)cccc1[N+](=O)[O-]. The predicted molar refractivity (Wildman–Crippen MR) is 82.3 cm³/mol. The van der Waals surface area contributed by atoms with E-state index in [4.69, 9.17) is 4.74 Å². The van der Waals surface area contributed by atoms with Gasteiger partial charge >= 0.3 is 17.6 Å². The van der Waals surface area contributed by atoms with Crippen molar-refractivity contribution < 1.29 is 28.7 Å². The van der Waals surface area contributed by atoms with Crippen molar-refractivity contribution >= 4 is 17.6 Å². The van der Waals surface area contributed by atoms with Gasteiger partial charge in [-0.1, -0.05) is 18.2 Å². The van der Waals surface area contributed by atoms with Crippen LogP contribution in [0, 0.1) is 10.1 Å². The Morgan fingerprint density at radius 1 is 0.917 bits per heavy atom. The smallest absolute Gasteiger partial charge is 0.341 e. The number of nitro groups is 1. The third-order valence-electron chi connectivity index (χ3n) is 3.10. The molecule has 0 spiro atoms. The number of ether oxygens (including phenoxy) is 3. The Hall–Kier alpha value is -3.42. The summed E-state index contributed by atoms with van der Waals surface area (Å²) in [5, 5.41) is 11.2. The molecule has 2 aromatic rings. The van der Waals surface area contributed by atoms with Crippen molar-refractivity contribution in [1.29, 1.82) is 0 Å². The molecular weight excluding hydrogens is 318 g/mol. The minimum absolute atomic E-state index is 0.0174. The van der Waals surface area contributed by atoms with Crippen LogP contribution in [0.3, 0.4) is 0 Å². The highest BCUT2D eigenvalue weighted by molar-refractivity contribution is 5.95. The number of esters is 2. The molecule has 124 valence electrons. The van der Waals surface area contributed by atoms with E-state index in [0.29, 0.717) is 0 Å². The van der Waals surface area contributed by atoms with Crippen molar-refractivity contribution in [1.82, 2.24) is 0 Å². The third kappa shape index (κ3) is 3.32. The minimum Gasteiger partial charge on any atom is -0.465 e. The number of benzene rings is 2. The van der Waals surface area contributed by atoms with Crippen LogP contribution in [0.1, 0.15) is 20.7 Å². The van der Waals surface area contributed by atoms with E-state index in [1.54, 1.807) is 12.1 Å². The van der Waals surface area contributed by atoms with Crippen LogP contribution in [0.4, 0.5) is 5.69 Å². The van der Waals surface area contributed by atoms with E-state index >= 15 is 0 Å². The van der Waals surface area contributed by atoms with Crippen molar-refractivity contribution in [3.05, 3.63) is 63.7 Å². The molecule has 0 fully saturated rings. The first kappa shape index (κ1) is 16.9. The maximum absolute atomic E-state index is 11.9. The average molecular weight is 331 g/mol. The number of nitrogens with zero attached hydrogens (tertiary/aromatic N) is 1. The summed E-state index contributed by atoms with van der Waals surface area (Å²) in [5.74, 6) is -1.78. The molecule has 0 heterocycles. The maximum Gasteiger partial charge on any atom is 0.341 e. The number of hydrogen-bond acceptors (Lipinski definition) is 7. The fraction of sp³-hybridized carbons (Fsp3) is 0.125. The lowest BCUT2D eigenvalue weighted by Gasteiger charge is -2.12. The first-order valence-corrected chi connectivity index (χ1v) is 6.70. The van der Waals surface area contributed by atoms with Crippen LogP contribution in [0.5, 0.6) is 11.5 Å². The summed E-state index contributed by atoms with van der Waals surface area (Å²) in [6, 6.07) is 9.88. The summed E-state index contributed by atoms with van der Waals surface area (Å²) >= 11 is 0. The van der Waals surface area contributed by atoms with Crippen LogP contribution in [0.25, 0.3) is 0 Å². The van der Waals surface area contributed by atoms with E-state index < -0.39 is 22.5 Å². The van der Waals surface area contributed by atoms with E-state index in [2.05, 4.69) is 9.47 Å².